The van der Waals surface area contributed by atoms with Crippen LogP contribution in [0.5, 0.6) is 5.75 Å². The number of carboxylic acid groups (broad SMARTS) is 1. The van der Waals surface area contributed by atoms with E-state index in [-0.39, 0.29) is 12.3 Å². The molecular formula is C16H23NO4. The summed E-state index contributed by atoms with van der Waals surface area (Å²) < 4.78 is 5.56. The summed E-state index contributed by atoms with van der Waals surface area (Å²) >= 11 is 0. The number of hydrogen-bond acceptors (Lipinski definition) is 3. The molecule has 5 nitrogen and oxygen atoms in total. The molecule has 1 rings (SSSR count). The molecule has 0 spiro atoms. The van der Waals surface area contributed by atoms with Gasteiger partial charge >= 0.3 is 5.97 Å². The van der Waals surface area contributed by atoms with E-state index < -0.39 is 17.6 Å². The number of ether oxygens (including phenoxy) is 1. The first-order valence-corrected chi connectivity index (χ1v) is 7.18. The number of benzene rings is 1. The second kappa shape index (κ2) is 7.67. The number of para-hydroxylation sites is 1. The van der Waals surface area contributed by atoms with Crippen LogP contribution in [0.2, 0.25) is 0 Å². The van der Waals surface area contributed by atoms with Crippen molar-refractivity contribution >= 4 is 11.9 Å². The number of hydrogen-bond donors (Lipinski definition) is 2. The monoisotopic (exact) mass is 293 g/mol. The van der Waals surface area contributed by atoms with Crippen LogP contribution in [0.1, 0.15) is 40.0 Å². The van der Waals surface area contributed by atoms with Crippen molar-refractivity contribution in [2.45, 2.75) is 51.7 Å². The average Bonchev–Trinajstić information content (AvgIpc) is 2.46. The van der Waals surface area contributed by atoms with Gasteiger partial charge in [-0.1, -0.05) is 32.0 Å². The predicted octanol–water partition coefficient (Wildman–Crippen LogP) is 2.60. The molecular weight excluding hydrogens is 270 g/mol. The third-order valence-electron chi connectivity index (χ3n) is 3.66. The molecule has 2 N–H and O–H groups in total. The summed E-state index contributed by atoms with van der Waals surface area (Å²) in [7, 11) is 0. The highest BCUT2D eigenvalue weighted by molar-refractivity contribution is 5.82. The zero-order chi connectivity index (χ0) is 15.9. The second-order valence-corrected chi connectivity index (χ2v) is 5.12. The quantitative estimate of drug-likeness (QED) is 0.772. The lowest BCUT2D eigenvalue weighted by molar-refractivity contribution is -0.139. The first-order chi connectivity index (χ1) is 9.92. The number of rotatable bonds is 8. The van der Waals surface area contributed by atoms with E-state index in [1.54, 1.807) is 19.1 Å². The van der Waals surface area contributed by atoms with Crippen LogP contribution in [0.15, 0.2) is 30.3 Å². The molecule has 1 unspecified atom stereocenters. The van der Waals surface area contributed by atoms with Gasteiger partial charge in [-0.05, 0) is 31.9 Å². The number of amides is 1. The first kappa shape index (κ1) is 17.0. The second-order valence-electron chi connectivity index (χ2n) is 5.12. The number of aliphatic carboxylic acids is 1. The molecule has 0 saturated carbocycles. The molecule has 5 heteroatoms. The van der Waals surface area contributed by atoms with Gasteiger partial charge in [0, 0.05) is 0 Å². The third kappa shape index (κ3) is 5.10. The Morgan fingerprint density at radius 1 is 1.24 bits per heavy atom. The molecule has 0 bridgehead atoms. The van der Waals surface area contributed by atoms with Crippen molar-refractivity contribution in [2.75, 3.05) is 0 Å². The van der Waals surface area contributed by atoms with E-state index in [9.17, 15) is 9.59 Å². The van der Waals surface area contributed by atoms with E-state index in [0.29, 0.717) is 18.6 Å². The number of carbonyl (C=O) groups excluding carboxylic acids is 1. The van der Waals surface area contributed by atoms with Crippen molar-refractivity contribution in [3.05, 3.63) is 30.3 Å². The molecule has 1 aromatic rings. The van der Waals surface area contributed by atoms with Gasteiger partial charge in [0.1, 0.15) is 5.75 Å². The third-order valence-corrected chi connectivity index (χ3v) is 3.66. The maximum absolute atomic E-state index is 12.2. The number of nitrogens with one attached hydrogen (secondary N) is 1. The van der Waals surface area contributed by atoms with E-state index in [1.807, 2.05) is 32.0 Å². The fraction of sp³-hybridized carbons (Fsp3) is 0.500. The molecule has 0 heterocycles. The van der Waals surface area contributed by atoms with Gasteiger partial charge in [-0.3, -0.25) is 9.59 Å². The number of carboxylic acids is 1. The molecule has 1 aromatic carbocycles. The highest BCUT2D eigenvalue weighted by Crippen LogP contribution is 2.20. The summed E-state index contributed by atoms with van der Waals surface area (Å²) in [6.45, 7) is 5.39. The summed E-state index contributed by atoms with van der Waals surface area (Å²) in [4.78, 5) is 23.2. The first-order valence-electron chi connectivity index (χ1n) is 7.18. The van der Waals surface area contributed by atoms with E-state index in [0.717, 1.165) is 0 Å². The van der Waals surface area contributed by atoms with E-state index in [4.69, 9.17) is 9.84 Å². The maximum atomic E-state index is 12.2. The minimum Gasteiger partial charge on any atom is -0.481 e. The Morgan fingerprint density at radius 3 is 2.29 bits per heavy atom. The largest absolute Gasteiger partial charge is 0.481 e. The lowest BCUT2D eigenvalue weighted by Crippen LogP contribution is -2.52. The molecule has 116 valence electrons. The molecule has 0 aliphatic heterocycles. The summed E-state index contributed by atoms with van der Waals surface area (Å²) in [5.41, 5.74) is -0.725. The Morgan fingerprint density at radius 2 is 1.81 bits per heavy atom. The molecule has 0 aromatic heterocycles. The Labute approximate surface area is 125 Å². The Bertz CT molecular complexity index is 468. The fourth-order valence-electron chi connectivity index (χ4n) is 2.13. The standard InChI is InChI=1S/C16H23NO4/c1-4-16(5-2,11-14(18)19)17-15(20)12(3)21-13-9-7-6-8-10-13/h6-10,12H,4-5,11H2,1-3H3,(H,17,20)(H,18,19). The van der Waals surface area contributed by atoms with Crippen LogP contribution < -0.4 is 10.1 Å². The summed E-state index contributed by atoms with van der Waals surface area (Å²) in [5, 5.41) is 11.9. The minimum atomic E-state index is -0.921. The Kier molecular flexibility index (Phi) is 6.21. The van der Waals surface area contributed by atoms with Crippen LogP contribution in [0.25, 0.3) is 0 Å². The van der Waals surface area contributed by atoms with Crippen molar-refractivity contribution < 1.29 is 19.4 Å². The van der Waals surface area contributed by atoms with Gasteiger partial charge in [-0.25, -0.2) is 0 Å². The zero-order valence-corrected chi connectivity index (χ0v) is 12.8. The predicted molar refractivity (Wildman–Crippen MR) is 80.2 cm³/mol. The number of carbonyl (C=O) groups is 2. The average molecular weight is 293 g/mol. The zero-order valence-electron chi connectivity index (χ0n) is 12.8. The molecule has 21 heavy (non-hydrogen) atoms. The molecule has 0 aliphatic rings. The fourth-order valence-corrected chi connectivity index (χ4v) is 2.13. The normalized spacial score (nSPS) is 12.5. The van der Waals surface area contributed by atoms with E-state index >= 15 is 0 Å². The lowest BCUT2D eigenvalue weighted by atomic mass is 9.88. The van der Waals surface area contributed by atoms with Crippen LogP contribution in [-0.4, -0.2) is 28.6 Å². The van der Waals surface area contributed by atoms with Crippen molar-refractivity contribution in [3.63, 3.8) is 0 Å². The van der Waals surface area contributed by atoms with Crippen molar-refractivity contribution in [2.24, 2.45) is 0 Å². The summed E-state index contributed by atoms with van der Waals surface area (Å²) in [5.74, 6) is -0.614. The molecule has 0 fully saturated rings. The van der Waals surface area contributed by atoms with Gasteiger partial charge in [-0.2, -0.15) is 0 Å². The molecule has 1 amide bonds. The Hall–Kier alpha value is -2.04. The summed E-state index contributed by atoms with van der Waals surface area (Å²) in [6, 6.07) is 9.06. The van der Waals surface area contributed by atoms with Crippen LogP contribution in [0.3, 0.4) is 0 Å². The topological polar surface area (TPSA) is 75.6 Å². The van der Waals surface area contributed by atoms with Gasteiger partial charge in [0.25, 0.3) is 5.91 Å². The van der Waals surface area contributed by atoms with Crippen LogP contribution in [0, 0.1) is 0 Å². The highest BCUT2D eigenvalue weighted by Gasteiger charge is 2.32. The maximum Gasteiger partial charge on any atom is 0.305 e. The lowest BCUT2D eigenvalue weighted by Gasteiger charge is -2.32. The van der Waals surface area contributed by atoms with Crippen LogP contribution >= 0.6 is 0 Å². The van der Waals surface area contributed by atoms with Crippen molar-refractivity contribution in [1.29, 1.82) is 0 Å². The van der Waals surface area contributed by atoms with Gasteiger partial charge in [0.05, 0.1) is 12.0 Å². The van der Waals surface area contributed by atoms with Crippen LogP contribution in [-0.2, 0) is 9.59 Å². The van der Waals surface area contributed by atoms with Gasteiger partial charge < -0.3 is 15.2 Å². The highest BCUT2D eigenvalue weighted by atomic mass is 16.5. The molecule has 0 saturated heterocycles. The molecule has 1 atom stereocenters. The van der Waals surface area contributed by atoms with Gasteiger partial charge in [0.15, 0.2) is 6.10 Å². The van der Waals surface area contributed by atoms with Crippen molar-refractivity contribution in [1.82, 2.24) is 5.32 Å². The van der Waals surface area contributed by atoms with Gasteiger partial charge in [-0.15, -0.1) is 0 Å². The molecule has 0 radical (unpaired) electrons. The van der Waals surface area contributed by atoms with Crippen LogP contribution in [0.4, 0.5) is 0 Å². The minimum absolute atomic E-state index is 0.0935. The van der Waals surface area contributed by atoms with E-state index in [1.165, 1.54) is 0 Å². The SMILES string of the molecule is CCC(CC)(CC(=O)O)NC(=O)C(C)Oc1ccccc1. The van der Waals surface area contributed by atoms with Crippen molar-refractivity contribution in [3.8, 4) is 5.75 Å². The Balaban J connectivity index is 2.70. The smallest absolute Gasteiger partial charge is 0.305 e. The van der Waals surface area contributed by atoms with E-state index in [2.05, 4.69) is 5.32 Å². The molecule has 0 aliphatic carbocycles. The van der Waals surface area contributed by atoms with Gasteiger partial charge in [0.2, 0.25) is 0 Å². The summed E-state index contributed by atoms with van der Waals surface area (Å²) in [6.07, 6.45) is 0.335.